The lowest BCUT2D eigenvalue weighted by Gasteiger charge is -2.39. The number of hydrogen-bond acceptors (Lipinski definition) is 4. The third-order valence-electron chi connectivity index (χ3n) is 3.42. The highest BCUT2D eigenvalue weighted by Crippen LogP contribution is 2.29. The molecule has 19 heavy (non-hydrogen) atoms. The minimum absolute atomic E-state index is 0.464. The van der Waals surface area contributed by atoms with Crippen molar-refractivity contribution in [1.29, 1.82) is 0 Å². The van der Waals surface area contributed by atoms with Crippen molar-refractivity contribution in [3.05, 3.63) is 18.3 Å². The van der Waals surface area contributed by atoms with Crippen molar-refractivity contribution in [1.82, 2.24) is 9.88 Å². The molecule has 0 saturated carbocycles. The Bertz CT molecular complexity index is 410. The van der Waals surface area contributed by atoms with Gasteiger partial charge in [0, 0.05) is 13.1 Å². The van der Waals surface area contributed by atoms with Gasteiger partial charge >= 0.3 is 0 Å². The van der Waals surface area contributed by atoms with Crippen LogP contribution in [0.4, 0.5) is 10.1 Å². The molecule has 0 aliphatic carbocycles. The molecule has 0 bridgehead atoms. The maximum absolute atomic E-state index is 14.8. The van der Waals surface area contributed by atoms with Crippen LogP contribution >= 0.6 is 11.8 Å². The van der Waals surface area contributed by atoms with Crippen LogP contribution in [-0.4, -0.2) is 55.5 Å². The zero-order valence-corrected chi connectivity index (χ0v) is 12.7. The first-order valence-corrected chi connectivity index (χ1v) is 7.83. The molecule has 0 unspecified atom stereocenters. The second-order valence-corrected chi connectivity index (χ2v) is 6.30. The van der Waals surface area contributed by atoms with E-state index in [1.807, 2.05) is 43.6 Å². The highest BCUT2D eigenvalue weighted by atomic mass is 32.2. The van der Waals surface area contributed by atoms with Crippen LogP contribution in [0.3, 0.4) is 0 Å². The van der Waals surface area contributed by atoms with Crippen molar-refractivity contribution in [2.75, 3.05) is 44.9 Å². The molecule has 1 aromatic rings. The maximum Gasteiger partial charge on any atom is 0.141 e. The molecule has 1 fully saturated rings. The zero-order valence-electron chi connectivity index (χ0n) is 11.9. The Morgan fingerprint density at radius 2 is 2.26 bits per heavy atom. The van der Waals surface area contributed by atoms with Gasteiger partial charge in [-0.15, -0.1) is 11.8 Å². The predicted molar refractivity (Wildman–Crippen MR) is 79.9 cm³/mol. The van der Waals surface area contributed by atoms with Crippen LogP contribution in [0.15, 0.2) is 23.4 Å². The third-order valence-corrected chi connectivity index (χ3v) is 4.08. The lowest BCUT2D eigenvalue weighted by Crippen LogP contribution is -2.50. The minimum Gasteiger partial charge on any atom is -0.367 e. The van der Waals surface area contributed by atoms with Gasteiger partial charge in [-0.25, -0.2) is 9.37 Å². The van der Waals surface area contributed by atoms with Crippen molar-refractivity contribution in [3.8, 4) is 0 Å². The fourth-order valence-corrected chi connectivity index (χ4v) is 3.05. The normalized spacial score (nSPS) is 23.9. The van der Waals surface area contributed by atoms with E-state index in [-0.39, 0.29) is 0 Å². The summed E-state index contributed by atoms with van der Waals surface area (Å²) in [4.78, 5) is 8.41. The van der Waals surface area contributed by atoms with Crippen molar-refractivity contribution >= 4 is 17.4 Å². The standard InChI is InChI=1S/C14H22FN3S/c1-17(2)10-14(15)7-4-8-18(11-14)12-5-6-13(19-3)16-9-12/h5-6,9H,4,7-8,10-11H2,1-3H3/t14-/m1/s1. The number of pyridine rings is 1. The summed E-state index contributed by atoms with van der Waals surface area (Å²) in [5.74, 6) is 0. The number of nitrogens with zero attached hydrogens (tertiary/aromatic N) is 3. The van der Waals surface area contributed by atoms with Crippen molar-refractivity contribution < 1.29 is 4.39 Å². The molecule has 0 N–H and O–H groups in total. The van der Waals surface area contributed by atoms with Crippen LogP contribution in [-0.2, 0) is 0 Å². The summed E-state index contributed by atoms with van der Waals surface area (Å²) in [6.45, 7) is 1.87. The number of aromatic nitrogens is 1. The smallest absolute Gasteiger partial charge is 0.141 e. The molecule has 106 valence electrons. The first-order valence-electron chi connectivity index (χ1n) is 6.61. The van der Waals surface area contributed by atoms with Crippen molar-refractivity contribution in [2.24, 2.45) is 0 Å². The van der Waals surface area contributed by atoms with E-state index in [1.165, 1.54) is 0 Å². The number of piperidine rings is 1. The van der Waals surface area contributed by atoms with E-state index in [0.717, 1.165) is 23.7 Å². The van der Waals surface area contributed by atoms with E-state index < -0.39 is 5.67 Å². The number of hydrogen-bond donors (Lipinski definition) is 0. The topological polar surface area (TPSA) is 19.4 Å². The van der Waals surface area contributed by atoms with Gasteiger partial charge in [-0.2, -0.15) is 0 Å². The Kier molecular flexibility index (Phi) is 4.68. The lowest BCUT2D eigenvalue weighted by atomic mass is 9.94. The number of anilines is 1. The van der Waals surface area contributed by atoms with E-state index in [1.54, 1.807) is 11.8 Å². The van der Waals surface area contributed by atoms with Crippen LogP contribution in [0.1, 0.15) is 12.8 Å². The number of alkyl halides is 1. The van der Waals surface area contributed by atoms with E-state index in [4.69, 9.17) is 0 Å². The van der Waals surface area contributed by atoms with Gasteiger partial charge in [0.05, 0.1) is 23.5 Å². The largest absolute Gasteiger partial charge is 0.367 e. The Balaban J connectivity index is 2.07. The summed E-state index contributed by atoms with van der Waals surface area (Å²) >= 11 is 1.62. The van der Waals surface area contributed by atoms with Crippen LogP contribution < -0.4 is 4.90 Å². The van der Waals surface area contributed by atoms with Crippen LogP contribution in [0, 0.1) is 0 Å². The number of rotatable bonds is 4. The van der Waals surface area contributed by atoms with Gasteiger partial charge in [0.25, 0.3) is 0 Å². The fourth-order valence-electron chi connectivity index (χ4n) is 2.68. The van der Waals surface area contributed by atoms with Crippen molar-refractivity contribution in [3.63, 3.8) is 0 Å². The number of thioether (sulfide) groups is 1. The average Bonchev–Trinajstić information content (AvgIpc) is 2.37. The van der Waals surface area contributed by atoms with Gasteiger partial charge in [0.15, 0.2) is 0 Å². The summed E-state index contributed by atoms with van der Waals surface area (Å²) in [5.41, 5.74) is -0.0850. The fraction of sp³-hybridized carbons (Fsp3) is 0.643. The van der Waals surface area contributed by atoms with Gasteiger partial charge in [-0.3, -0.25) is 0 Å². The quantitative estimate of drug-likeness (QED) is 0.791. The minimum atomic E-state index is -1.11. The van der Waals surface area contributed by atoms with E-state index in [0.29, 0.717) is 19.5 Å². The monoisotopic (exact) mass is 283 g/mol. The van der Waals surface area contributed by atoms with Gasteiger partial charge in [0.1, 0.15) is 5.67 Å². The molecule has 2 heterocycles. The first kappa shape index (κ1) is 14.6. The molecule has 0 spiro atoms. The Labute approximate surface area is 119 Å². The molecule has 1 aliphatic rings. The van der Waals surface area contributed by atoms with Gasteiger partial charge in [0.2, 0.25) is 0 Å². The molecule has 2 rings (SSSR count). The van der Waals surface area contributed by atoms with Crippen LogP contribution in [0.5, 0.6) is 0 Å². The third kappa shape index (κ3) is 3.83. The van der Waals surface area contributed by atoms with Gasteiger partial charge < -0.3 is 9.80 Å². The SMILES string of the molecule is CSc1ccc(N2CCC[C@@](F)(CN(C)C)C2)cn1. The van der Waals surface area contributed by atoms with Gasteiger partial charge in [-0.05, 0) is 45.3 Å². The van der Waals surface area contributed by atoms with E-state index in [9.17, 15) is 4.39 Å². The summed E-state index contributed by atoms with van der Waals surface area (Å²) in [6, 6.07) is 4.04. The zero-order chi connectivity index (χ0) is 13.9. The van der Waals surface area contributed by atoms with Crippen molar-refractivity contribution in [2.45, 2.75) is 23.5 Å². The Hall–Kier alpha value is -0.810. The highest BCUT2D eigenvalue weighted by molar-refractivity contribution is 7.98. The second kappa shape index (κ2) is 6.09. The van der Waals surface area contributed by atoms with E-state index in [2.05, 4.69) is 9.88 Å². The van der Waals surface area contributed by atoms with E-state index >= 15 is 0 Å². The number of halogens is 1. The molecule has 0 aromatic carbocycles. The summed E-state index contributed by atoms with van der Waals surface area (Å²) in [6.07, 6.45) is 5.41. The molecule has 1 atom stereocenters. The summed E-state index contributed by atoms with van der Waals surface area (Å²) < 4.78 is 14.8. The van der Waals surface area contributed by atoms with Crippen LogP contribution in [0.2, 0.25) is 0 Å². The average molecular weight is 283 g/mol. The molecule has 0 radical (unpaired) electrons. The first-order chi connectivity index (χ1) is 9.02. The molecular weight excluding hydrogens is 261 g/mol. The predicted octanol–water partition coefficient (Wildman–Crippen LogP) is 2.67. The molecule has 1 aliphatic heterocycles. The molecule has 0 amide bonds. The lowest BCUT2D eigenvalue weighted by molar-refractivity contribution is 0.0977. The molecule has 1 aromatic heterocycles. The summed E-state index contributed by atoms with van der Waals surface area (Å²) in [7, 11) is 3.85. The Morgan fingerprint density at radius 3 is 2.84 bits per heavy atom. The molecule has 3 nitrogen and oxygen atoms in total. The molecular formula is C14H22FN3S. The van der Waals surface area contributed by atoms with Crippen LogP contribution in [0.25, 0.3) is 0 Å². The maximum atomic E-state index is 14.8. The second-order valence-electron chi connectivity index (χ2n) is 5.47. The molecule has 5 heteroatoms. The Morgan fingerprint density at radius 1 is 1.47 bits per heavy atom. The summed E-state index contributed by atoms with van der Waals surface area (Å²) in [5, 5.41) is 1.00. The highest BCUT2D eigenvalue weighted by Gasteiger charge is 2.36. The molecule has 1 saturated heterocycles. The van der Waals surface area contributed by atoms with Gasteiger partial charge in [-0.1, -0.05) is 0 Å².